The van der Waals surface area contributed by atoms with E-state index in [-0.39, 0.29) is 11.3 Å². The van der Waals surface area contributed by atoms with Gasteiger partial charge in [-0.3, -0.25) is 9.69 Å². The minimum atomic E-state index is 0.168. The molecule has 2 saturated heterocycles. The molecule has 1 atom stereocenters. The number of benzene rings is 1. The van der Waals surface area contributed by atoms with Crippen molar-refractivity contribution in [2.24, 2.45) is 5.41 Å². The second-order valence-electron chi connectivity index (χ2n) is 8.74. The molecule has 2 aliphatic heterocycles. The molecule has 2 aliphatic rings. The number of piperidine rings is 1. The van der Waals surface area contributed by atoms with Gasteiger partial charge in [-0.05, 0) is 69.1 Å². The summed E-state index contributed by atoms with van der Waals surface area (Å²) in [4.78, 5) is 19.6. The van der Waals surface area contributed by atoms with Crippen molar-refractivity contribution in [3.63, 3.8) is 0 Å². The van der Waals surface area contributed by atoms with E-state index in [1.807, 2.05) is 51.4 Å². The number of furan rings is 1. The summed E-state index contributed by atoms with van der Waals surface area (Å²) in [6.45, 7) is 6.76. The number of carbonyl (C=O) groups is 1. The average Bonchev–Trinajstić information content (AvgIpc) is 3.27. The summed E-state index contributed by atoms with van der Waals surface area (Å²) in [5.41, 5.74) is 2.14. The van der Waals surface area contributed by atoms with Gasteiger partial charge in [0.15, 0.2) is 0 Å². The maximum Gasteiger partial charge on any atom is 0.253 e. The number of rotatable bonds is 4. The molecule has 0 unspecified atom stereocenters. The zero-order valence-corrected chi connectivity index (χ0v) is 17.3. The van der Waals surface area contributed by atoms with Gasteiger partial charge in [-0.2, -0.15) is 0 Å². The van der Waals surface area contributed by atoms with Crippen LogP contribution in [0.4, 0.5) is 5.69 Å². The Morgan fingerprint density at radius 1 is 1.07 bits per heavy atom. The van der Waals surface area contributed by atoms with Crippen molar-refractivity contribution in [1.82, 2.24) is 9.80 Å². The molecular formula is C23H31N3O2. The number of nitrogens with zero attached hydrogens (tertiary/aromatic N) is 3. The van der Waals surface area contributed by atoms with Gasteiger partial charge in [-0.1, -0.05) is 0 Å². The van der Waals surface area contributed by atoms with E-state index in [1.54, 1.807) is 0 Å². The van der Waals surface area contributed by atoms with Gasteiger partial charge in [0.05, 0.1) is 6.54 Å². The number of hydrogen-bond donors (Lipinski definition) is 0. The molecule has 4 rings (SSSR count). The monoisotopic (exact) mass is 381 g/mol. The second-order valence-corrected chi connectivity index (χ2v) is 8.74. The fourth-order valence-corrected chi connectivity index (χ4v) is 4.76. The van der Waals surface area contributed by atoms with Gasteiger partial charge < -0.3 is 14.2 Å². The summed E-state index contributed by atoms with van der Waals surface area (Å²) in [6, 6.07) is 12.1. The third-order valence-corrected chi connectivity index (χ3v) is 6.27. The van der Waals surface area contributed by atoms with Crippen LogP contribution in [0.1, 0.15) is 41.1 Å². The molecule has 1 aromatic heterocycles. The minimum Gasteiger partial charge on any atom is -0.465 e. The smallest absolute Gasteiger partial charge is 0.253 e. The lowest BCUT2D eigenvalue weighted by atomic mass is 9.79. The first-order valence-electron chi connectivity index (χ1n) is 10.3. The molecule has 5 nitrogen and oxygen atoms in total. The van der Waals surface area contributed by atoms with Crippen molar-refractivity contribution in [2.75, 3.05) is 45.2 Å². The van der Waals surface area contributed by atoms with Crippen molar-refractivity contribution in [3.8, 4) is 0 Å². The lowest BCUT2D eigenvalue weighted by molar-refractivity contribution is 0.0658. The van der Waals surface area contributed by atoms with Crippen LogP contribution in [0.15, 0.2) is 40.8 Å². The van der Waals surface area contributed by atoms with E-state index < -0.39 is 0 Å². The van der Waals surface area contributed by atoms with Crippen LogP contribution < -0.4 is 4.90 Å². The molecule has 2 fully saturated rings. The largest absolute Gasteiger partial charge is 0.465 e. The van der Waals surface area contributed by atoms with Crippen molar-refractivity contribution in [3.05, 3.63) is 53.5 Å². The Kier molecular flexibility index (Phi) is 5.19. The van der Waals surface area contributed by atoms with Crippen LogP contribution in [0.25, 0.3) is 0 Å². The molecule has 5 heteroatoms. The molecule has 1 spiro atoms. The summed E-state index contributed by atoms with van der Waals surface area (Å²) in [7, 11) is 4.03. The van der Waals surface area contributed by atoms with Crippen molar-refractivity contribution in [1.29, 1.82) is 0 Å². The maximum atomic E-state index is 13.0. The highest BCUT2D eigenvalue weighted by Crippen LogP contribution is 2.40. The number of likely N-dealkylation sites (tertiary alicyclic amines) is 2. The third kappa shape index (κ3) is 3.95. The molecule has 1 amide bonds. The van der Waals surface area contributed by atoms with Crippen molar-refractivity contribution in [2.45, 2.75) is 32.7 Å². The lowest BCUT2D eigenvalue weighted by Crippen LogP contribution is -2.44. The summed E-state index contributed by atoms with van der Waals surface area (Å²) in [6.07, 6.45) is 3.51. The van der Waals surface area contributed by atoms with E-state index in [4.69, 9.17) is 4.42 Å². The highest BCUT2D eigenvalue weighted by molar-refractivity contribution is 5.94. The van der Waals surface area contributed by atoms with Crippen molar-refractivity contribution >= 4 is 11.6 Å². The average molecular weight is 382 g/mol. The number of anilines is 1. The van der Waals surface area contributed by atoms with E-state index in [0.29, 0.717) is 0 Å². The molecule has 3 heterocycles. The van der Waals surface area contributed by atoms with E-state index in [0.717, 1.165) is 61.9 Å². The van der Waals surface area contributed by atoms with Gasteiger partial charge in [0, 0.05) is 50.4 Å². The van der Waals surface area contributed by atoms with Crippen LogP contribution in [-0.4, -0.2) is 56.0 Å². The van der Waals surface area contributed by atoms with E-state index in [9.17, 15) is 4.79 Å². The van der Waals surface area contributed by atoms with E-state index in [1.165, 1.54) is 12.8 Å². The first-order valence-corrected chi connectivity index (χ1v) is 10.3. The van der Waals surface area contributed by atoms with Crippen LogP contribution in [0, 0.1) is 12.3 Å². The Morgan fingerprint density at radius 2 is 1.86 bits per heavy atom. The first kappa shape index (κ1) is 19.1. The Hall–Kier alpha value is -2.27. The minimum absolute atomic E-state index is 0.168. The molecule has 1 aromatic carbocycles. The van der Waals surface area contributed by atoms with Gasteiger partial charge in [0.2, 0.25) is 0 Å². The molecule has 28 heavy (non-hydrogen) atoms. The van der Waals surface area contributed by atoms with Gasteiger partial charge in [0.25, 0.3) is 5.91 Å². The molecule has 0 aliphatic carbocycles. The first-order chi connectivity index (χ1) is 13.4. The van der Waals surface area contributed by atoms with E-state index >= 15 is 0 Å². The van der Waals surface area contributed by atoms with Gasteiger partial charge >= 0.3 is 0 Å². The Bertz CT molecular complexity index is 827. The molecule has 150 valence electrons. The zero-order valence-electron chi connectivity index (χ0n) is 17.3. The van der Waals surface area contributed by atoms with Crippen LogP contribution in [0.5, 0.6) is 0 Å². The number of carbonyl (C=O) groups excluding carboxylic acids is 1. The highest BCUT2D eigenvalue weighted by atomic mass is 16.3. The molecule has 0 saturated carbocycles. The topological polar surface area (TPSA) is 39.9 Å². The highest BCUT2D eigenvalue weighted by Gasteiger charge is 2.42. The fraction of sp³-hybridized carbons (Fsp3) is 0.522. The normalized spacial score (nSPS) is 22.8. The molecule has 0 N–H and O–H groups in total. The number of amides is 1. The molecule has 2 aromatic rings. The second kappa shape index (κ2) is 7.63. The summed E-state index contributed by atoms with van der Waals surface area (Å²) in [5.74, 6) is 2.18. The van der Waals surface area contributed by atoms with Crippen LogP contribution in [0.2, 0.25) is 0 Å². The van der Waals surface area contributed by atoms with Crippen LogP contribution >= 0.6 is 0 Å². The Labute approximate surface area is 167 Å². The standard InChI is InChI=1S/C23H31N3O2/c1-18-5-10-21(28-18)15-25-13-4-11-23(16-25)12-14-26(17-23)22(27)19-6-8-20(9-7-19)24(2)3/h5-10H,4,11-17H2,1-3H3/t23-/m1/s1. The molecular weight excluding hydrogens is 350 g/mol. The fourth-order valence-electron chi connectivity index (χ4n) is 4.76. The number of aryl methyl sites for hydroxylation is 1. The van der Waals surface area contributed by atoms with Gasteiger partial charge in [-0.25, -0.2) is 0 Å². The molecule has 0 bridgehead atoms. The number of hydrogen-bond acceptors (Lipinski definition) is 4. The van der Waals surface area contributed by atoms with Crippen molar-refractivity contribution < 1.29 is 9.21 Å². The Balaban J connectivity index is 1.40. The summed E-state index contributed by atoms with van der Waals surface area (Å²) in [5, 5.41) is 0. The summed E-state index contributed by atoms with van der Waals surface area (Å²) < 4.78 is 5.77. The summed E-state index contributed by atoms with van der Waals surface area (Å²) >= 11 is 0. The predicted octanol–water partition coefficient (Wildman–Crippen LogP) is 3.78. The maximum absolute atomic E-state index is 13.0. The SMILES string of the molecule is Cc1ccc(CN2CCC[C@@]3(CCN(C(=O)c4ccc(N(C)C)cc4)C3)C2)o1. The van der Waals surface area contributed by atoms with Gasteiger partial charge in [0.1, 0.15) is 11.5 Å². The van der Waals surface area contributed by atoms with E-state index in [2.05, 4.69) is 20.8 Å². The predicted molar refractivity (Wildman–Crippen MR) is 112 cm³/mol. The Morgan fingerprint density at radius 3 is 2.54 bits per heavy atom. The third-order valence-electron chi connectivity index (χ3n) is 6.27. The molecule has 0 radical (unpaired) electrons. The quantitative estimate of drug-likeness (QED) is 0.808. The van der Waals surface area contributed by atoms with Crippen LogP contribution in [0.3, 0.4) is 0 Å². The van der Waals surface area contributed by atoms with Crippen LogP contribution in [-0.2, 0) is 6.54 Å². The lowest BCUT2D eigenvalue weighted by Gasteiger charge is -2.40. The zero-order chi connectivity index (χ0) is 19.7. The van der Waals surface area contributed by atoms with Gasteiger partial charge in [-0.15, -0.1) is 0 Å².